The number of rotatable bonds is 6. The van der Waals surface area contributed by atoms with Gasteiger partial charge in [0.05, 0.1) is 22.6 Å². The summed E-state index contributed by atoms with van der Waals surface area (Å²) in [7, 11) is 0. The number of benzene rings is 7. The van der Waals surface area contributed by atoms with Crippen LogP contribution in [-0.2, 0) is 0 Å². The maximum Gasteiger partial charge on any atom is 0.160 e. The monoisotopic (exact) mass is 749 g/mol. The molecule has 11 rings (SSSR count). The number of para-hydroxylation sites is 1. The molecule has 5 heteroatoms. The summed E-state index contributed by atoms with van der Waals surface area (Å²) in [5, 5.41) is 4.94. The van der Waals surface area contributed by atoms with Crippen molar-refractivity contribution in [3.8, 4) is 66.7 Å². The van der Waals surface area contributed by atoms with Gasteiger partial charge in [-0.3, -0.25) is 0 Å². The van der Waals surface area contributed by atoms with Crippen LogP contribution < -0.4 is 0 Å². The van der Waals surface area contributed by atoms with E-state index in [2.05, 4.69) is 164 Å². The summed E-state index contributed by atoms with van der Waals surface area (Å²) in [5.41, 5.74) is 11.6. The lowest BCUT2D eigenvalue weighted by molar-refractivity contribution is 1.18. The summed E-state index contributed by atoms with van der Waals surface area (Å²) in [4.78, 5) is 16.8. The molecule has 0 N–H and O–H groups in total. The smallest absolute Gasteiger partial charge is 0.160 e. The van der Waals surface area contributed by atoms with Crippen molar-refractivity contribution in [2.75, 3.05) is 0 Å². The normalized spacial score (nSPS) is 11.6. The van der Waals surface area contributed by atoms with Crippen LogP contribution >= 0.6 is 22.7 Å². The highest BCUT2D eigenvalue weighted by molar-refractivity contribution is 7.28. The molecule has 7 aromatic carbocycles. The zero-order valence-corrected chi connectivity index (χ0v) is 31.7. The van der Waals surface area contributed by atoms with Crippen LogP contribution in [0.1, 0.15) is 0 Å². The van der Waals surface area contributed by atoms with Crippen LogP contribution in [0, 0.1) is 0 Å². The van der Waals surface area contributed by atoms with Crippen molar-refractivity contribution in [3.05, 3.63) is 188 Å². The molecule has 0 saturated carbocycles. The summed E-state index contributed by atoms with van der Waals surface area (Å²) in [5.74, 6) is 0.707. The Morgan fingerprint density at radius 2 is 0.946 bits per heavy atom. The number of hydrogen-bond donors (Lipinski definition) is 0. The van der Waals surface area contributed by atoms with E-state index in [1.165, 1.54) is 51.6 Å². The van der Waals surface area contributed by atoms with E-state index < -0.39 is 0 Å². The molecule has 4 aromatic heterocycles. The summed E-state index contributed by atoms with van der Waals surface area (Å²) >= 11 is 3.76. The molecular formula is C51H31N3S2. The first-order valence-electron chi connectivity index (χ1n) is 18.7. The number of pyridine rings is 1. The fourth-order valence-corrected chi connectivity index (χ4v) is 10.5. The number of hydrogen-bond acceptors (Lipinski definition) is 5. The zero-order valence-electron chi connectivity index (χ0n) is 30.1. The van der Waals surface area contributed by atoms with Crippen molar-refractivity contribution in [1.29, 1.82) is 0 Å². The van der Waals surface area contributed by atoms with Gasteiger partial charge in [-0.25, -0.2) is 15.0 Å². The lowest BCUT2D eigenvalue weighted by atomic mass is 9.93. The average molecular weight is 750 g/mol. The lowest BCUT2D eigenvalue weighted by Gasteiger charge is -2.12. The molecule has 0 aliphatic carbocycles. The Balaban J connectivity index is 1.16. The first-order chi connectivity index (χ1) is 27.8. The van der Waals surface area contributed by atoms with Gasteiger partial charge in [-0.15, -0.1) is 22.7 Å². The van der Waals surface area contributed by atoms with Gasteiger partial charge >= 0.3 is 0 Å². The average Bonchev–Trinajstić information content (AvgIpc) is 3.87. The van der Waals surface area contributed by atoms with Crippen LogP contribution in [-0.4, -0.2) is 15.0 Å². The van der Waals surface area contributed by atoms with Gasteiger partial charge in [0.1, 0.15) is 0 Å². The molecule has 0 bridgehead atoms. The first-order valence-corrected chi connectivity index (χ1v) is 20.3. The Hall–Kier alpha value is -6.79. The molecule has 0 unspecified atom stereocenters. The van der Waals surface area contributed by atoms with Crippen LogP contribution in [0.4, 0.5) is 0 Å². The van der Waals surface area contributed by atoms with E-state index in [1.54, 1.807) is 0 Å². The summed E-state index contributed by atoms with van der Waals surface area (Å²) in [6.45, 7) is 0. The number of aromatic nitrogens is 3. The number of nitrogens with zero attached hydrogens (tertiary/aromatic N) is 3. The Bertz CT molecular complexity index is 3170. The third kappa shape index (κ3) is 5.51. The Kier molecular flexibility index (Phi) is 7.87. The fraction of sp³-hybridized carbons (Fsp3) is 0. The van der Waals surface area contributed by atoms with Gasteiger partial charge in [-0.1, -0.05) is 170 Å². The second-order valence-corrected chi connectivity index (χ2v) is 16.0. The minimum Gasteiger partial charge on any atom is -0.247 e. The summed E-state index contributed by atoms with van der Waals surface area (Å²) < 4.78 is 3.85. The summed E-state index contributed by atoms with van der Waals surface area (Å²) in [6.07, 6.45) is 0. The quantitative estimate of drug-likeness (QED) is 0.170. The SMILES string of the molecule is c1ccc(-c2cc(-c3ccc(-c4c(-c5cccc6c5sc5ccccc56)sc5c4c(-c4ccccc4)nc4ccccc45)cc3)nc(-c3ccccc3)n2)cc1. The molecule has 0 radical (unpaired) electrons. The van der Waals surface area contributed by atoms with Crippen LogP contribution in [0.15, 0.2) is 188 Å². The first kappa shape index (κ1) is 32.6. The molecule has 0 fully saturated rings. The molecule has 11 aromatic rings. The van der Waals surface area contributed by atoms with Crippen molar-refractivity contribution in [3.63, 3.8) is 0 Å². The van der Waals surface area contributed by atoms with Gasteiger partial charge in [-0.2, -0.15) is 0 Å². The highest BCUT2D eigenvalue weighted by Crippen LogP contribution is 2.52. The minimum atomic E-state index is 0.707. The zero-order chi connectivity index (χ0) is 37.0. The maximum absolute atomic E-state index is 5.40. The van der Waals surface area contributed by atoms with Crippen molar-refractivity contribution in [1.82, 2.24) is 15.0 Å². The van der Waals surface area contributed by atoms with Gasteiger partial charge in [0.25, 0.3) is 0 Å². The van der Waals surface area contributed by atoms with Gasteiger partial charge in [0.2, 0.25) is 0 Å². The molecule has 3 nitrogen and oxygen atoms in total. The van der Waals surface area contributed by atoms with Crippen LogP contribution in [0.5, 0.6) is 0 Å². The van der Waals surface area contributed by atoms with Crippen LogP contribution in [0.3, 0.4) is 0 Å². The van der Waals surface area contributed by atoms with E-state index in [0.717, 1.165) is 50.4 Å². The van der Waals surface area contributed by atoms with Gasteiger partial charge in [0.15, 0.2) is 5.82 Å². The van der Waals surface area contributed by atoms with Crippen molar-refractivity contribution < 1.29 is 0 Å². The van der Waals surface area contributed by atoms with E-state index in [-0.39, 0.29) is 0 Å². The third-order valence-electron chi connectivity index (χ3n) is 10.5. The standard InChI is InChI=1S/C51H31N3S2/c1-4-15-32(16-5-1)42-31-43(54-51(53-42)36-19-8-3-9-20-36)33-27-29-34(30-28-33)45-46-47(35-17-6-2-7-18-35)52-41-25-12-10-22-39(41)49(46)56-50(45)40-24-14-23-38-37-21-11-13-26-44(37)55-48(38)40/h1-31H. The van der Waals surface area contributed by atoms with Crippen molar-refractivity contribution in [2.45, 2.75) is 0 Å². The Morgan fingerprint density at radius 1 is 0.375 bits per heavy atom. The largest absolute Gasteiger partial charge is 0.247 e. The third-order valence-corrected chi connectivity index (χ3v) is 13.0. The molecule has 0 spiro atoms. The number of fused-ring (bicyclic) bond motifs is 6. The second kappa shape index (κ2) is 13.5. The topological polar surface area (TPSA) is 38.7 Å². The molecule has 0 aliphatic heterocycles. The number of thiophene rings is 2. The Labute approximate surface area is 331 Å². The van der Waals surface area contributed by atoms with Crippen molar-refractivity contribution in [2.24, 2.45) is 0 Å². The molecule has 56 heavy (non-hydrogen) atoms. The van der Waals surface area contributed by atoms with Crippen LogP contribution in [0.2, 0.25) is 0 Å². The lowest BCUT2D eigenvalue weighted by Crippen LogP contribution is -1.96. The predicted molar refractivity (Wildman–Crippen MR) is 238 cm³/mol. The molecular weight excluding hydrogens is 719 g/mol. The second-order valence-electron chi connectivity index (χ2n) is 13.9. The highest BCUT2D eigenvalue weighted by atomic mass is 32.1. The van der Waals surface area contributed by atoms with E-state index in [0.29, 0.717) is 5.82 Å². The fourth-order valence-electron chi connectivity index (χ4n) is 7.86. The Morgan fingerprint density at radius 3 is 1.68 bits per heavy atom. The van der Waals surface area contributed by atoms with E-state index in [1.807, 2.05) is 46.9 Å². The highest BCUT2D eigenvalue weighted by Gasteiger charge is 2.24. The molecule has 0 aliphatic rings. The van der Waals surface area contributed by atoms with E-state index in [9.17, 15) is 0 Å². The van der Waals surface area contributed by atoms with Crippen LogP contribution in [0.25, 0.3) is 108 Å². The molecule has 0 saturated heterocycles. The predicted octanol–water partition coefficient (Wildman–Crippen LogP) is 14.6. The van der Waals surface area contributed by atoms with E-state index >= 15 is 0 Å². The van der Waals surface area contributed by atoms with Gasteiger partial charge < -0.3 is 0 Å². The van der Waals surface area contributed by atoms with E-state index in [4.69, 9.17) is 15.0 Å². The molecule has 4 heterocycles. The maximum atomic E-state index is 5.40. The van der Waals surface area contributed by atoms with Gasteiger partial charge in [-0.05, 0) is 23.8 Å². The minimum absolute atomic E-state index is 0.707. The molecule has 262 valence electrons. The molecule has 0 atom stereocenters. The summed E-state index contributed by atoms with van der Waals surface area (Å²) in [6, 6.07) is 66.4. The molecule has 0 amide bonds. The van der Waals surface area contributed by atoms with Gasteiger partial charge in [0, 0.05) is 73.9 Å². The van der Waals surface area contributed by atoms with Crippen molar-refractivity contribution >= 4 is 63.8 Å².